The highest BCUT2D eigenvalue weighted by atomic mass is 32.1. The van der Waals surface area contributed by atoms with Crippen LogP contribution in [0.3, 0.4) is 0 Å². The van der Waals surface area contributed by atoms with Crippen LogP contribution in [0.15, 0.2) is 58.7 Å². The molecule has 1 aromatic carbocycles. The van der Waals surface area contributed by atoms with E-state index >= 15 is 0 Å². The molecule has 0 bridgehead atoms. The fourth-order valence-electron chi connectivity index (χ4n) is 4.14. The van der Waals surface area contributed by atoms with E-state index < -0.39 is 29.5 Å². The number of hydrogen-bond donors (Lipinski definition) is 1. The van der Waals surface area contributed by atoms with Gasteiger partial charge in [0.15, 0.2) is 28.1 Å². The molecule has 10 nitrogen and oxygen atoms in total. The molecule has 1 aliphatic heterocycles. The number of carbonyl (C=O) groups is 3. The van der Waals surface area contributed by atoms with E-state index in [4.69, 9.17) is 18.6 Å². The summed E-state index contributed by atoms with van der Waals surface area (Å²) in [7, 11) is 0. The first-order chi connectivity index (χ1) is 18.7. The molecule has 1 aliphatic rings. The maximum atomic E-state index is 13.6. The molecule has 1 amide bonds. The molecule has 3 heterocycles. The zero-order valence-electron chi connectivity index (χ0n) is 22.0. The van der Waals surface area contributed by atoms with Crippen molar-refractivity contribution in [3.63, 3.8) is 0 Å². The zero-order chi connectivity index (χ0) is 28.3. The number of nitrogens with zero attached hydrogens (tertiary/aromatic N) is 2. The van der Waals surface area contributed by atoms with Gasteiger partial charge in [0, 0.05) is 0 Å². The predicted octanol–water partition coefficient (Wildman–Crippen LogP) is 5.28. The van der Waals surface area contributed by atoms with Crippen molar-refractivity contribution in [3.8, 4) is 11.5 Å². The van der Waals surface area contributed by atoms with Crippen molar-refractivity contribution < 1.29 is 38.1 Å². The number of aliphatic hydroxyl groups excluding tert-OH is 1. The minimum Gasteiger partial charge on any atom is -0.503 e. The Morgan fingerprint density at radius 1 is 1.15 bits per heavy atom. The normalized spacial score (nSPS) is 15.0. The third-order valence-electron chi connectivity index (χ3n) is 5.81. The van der Waals surface area contributed by atoms with Crippen molar-refractivity contribution in [3.05, 3.63) is 82.0 Å². The molecule has 1 unspecified atom stereocenters. The van der Waals surface area contributed by atoms with Crippen molar-refractivity contribution in [1.82, 2.24) is 4.98 Å². The van der Waals surface area contributed by atoms with E-state index in [1.165, 1.54) is 11.0 Å². The van der Waals surface area contributed by atoms with E-state index in [1.54, 1.807) is 51.1 Å². The summed E-state index contributed by atoms with van der Waals surface area (Å²) in [5, 5.41) is 11.1. The minimum atomic E-state index is -1.11. The summed E-state index contributed by atoms with van der Waals surface area (Å²) in [6.45, 7) is 11.2. The molecule has 4 rings (SSSR count). The van der Waals surface area contributed by atoms with Gasteiger partial charge in [-0.2, -0.15) is 0 Å². The number of aliphatic hydroxyl groups is 1. The molecule has 1 N–H and O–H groups in total. The molecule has 204 valence electrons. The van der Waals surface area contributed by atoms with Gasteiger partial charge < -0.3 is 23.7 Å². The quantitative estimate of drug-likeness (QED) is 0.192. The molecule has 0 saturated heterocycles. The van der Waals surface area contributed by atoms with E-state index in [-0.39, 0.29) is 34.6 Å². The van der Waals surface area contributed by atoms with E-state index in [0.717, 1.165) is 11.3 Å². The second-order valence-corrected chi connectivity index (χ2v) is 9.43. The van der Waals surface area contributed by atoms with Crippen LogP contribution in [0.1, 0.15) is 57.1 Å². The van der Waals surface area contributed by atoms with Gasteiger partial charge in [-0.1, -0.05) is 30.1 Å². The number of amides is 1. The Morgan fingerprint density at radius 2 is 1.92 bits per heavy atom. The SMILES string of the molecule is C=CCOc1ccc(C2C(C(=O)c3ccc(C)o3)=C(O)C(=O)N2c2nc(C)c(C(=O)OCC)s2)cc1OCC. The molecule has 2 aromatic heterocycles. The first-order valence-corrected chi connectivity index (χ1v) is 13.1. The smallest absolute Gasteiger partial charge is 0.350 e. The van der Waals surface area contributed by atoms with E-state index in [0.29, 0.717) is 35.1 Å². The molecule has 0 saturated carbocycles. The van der Waals surface area contributed by atoms with Crippen LogP contribution in [0.4, 0.5) is 5.13 Å². The Bertz CT molecular complexity index is 1470. The van der Waals surface area contributed by atoms with Crippen molar-refractivity contribution in [1.29, 1.82) is 0 Å². The van der Waals surface area contributed by atoms with Crippen LogP contribution < -0.4 is 14.4 Å². The molecule has 0 radical (unpaired) electrons. The fraction of sp³-hybridized carbons (Fsp3) is 0.286. The third kappa shape index (κ3) is 5.30. The lowest BCUT2D eigenvalue weighted by Gasteiger charge is -2.25. The Hall–Kier alpha value is -4.38. The largest absolute Gasteiger partial charge is 0.503 e. The first kappa shape index (κ1) is 27.6. The molecule has 3 aromatic rings. The van der Waals surface area contributed by atoms with Gasteiger partial charge in [0.05, 0.1) is 30.5 Å². The zero-order valence-corrected chi connectivity index (χ0v) is 22.8. The summed E-state index contributed by atoms with van der Waals surface area (Å²) in [5.74, 6) is -1.56. The van der Waals surface area contributed by atoms with Crippen LogP contribution in [-0.4, -0.2) is 47.6 Å². The van der Waals surface area contributed by atoms with Crippen molar-refractivity contribution in [2.75, 3.05) is 24.7 Å². The first-order valence-electron chi connectivity index (χ1n) is 12.2. The second-order valence-electron chi connectivity index (χ2n) is 8.45. The van der Waals surface area contributed by atoms with Gasteiger partial charge in [-0.15, -0.1) is 0 Å². The number of esters is 1. The summed E-state index contributed by atoms with van der Waals surface area (Å²) in [5.41, 5.74) is 0.602. The van der Waals surface area contributed by atoms with Crippen LogP contribution in [0, 0.1) is 13.8 Å². The van der Waals surface area contributed by atoms with Crippen LogP contribution in [0.2, 0.25) is 0 Å². The Morgan fingerprint density at radius 3 is 2.56 bits per heavy atom. The number of aromatic nitrogens is 1. The molecule has 0 spiro atoms. The molecule has 39 heavy (non-hydrogen) atoms. The highest BCUT2D eigenvalue weighted by Gasteiger charge is 2.47. The van der Waals surface area contributed by atoms with Crippen LogP contribution in [0.25, 0.3) is 0 Å². The molecule has 11 heteroatoms. The third-order valence-corrected chi connectivity index (χ3v) is 6.95. The highest BCUT2D eigenvalue weighted by Crippen LogP contribution is 2.45. The average molecular weight is 553 g/mol. The Balaban J connectivity index is 1.88. The number of rotatable bonds is 11. The second kappa shape index (κ2) is 11.6. The van der Waals surface area contributed by atoms with Gasteiger partial charge in [0.25, 0.3) is 5.91 Å². The summed E-state index contributed by atoms with van der Waals surface area (Å²) >= 11 is 0.931. The number of aryl methyl sites for hydroxylation is 2. The summed E-state index contributed by atoms with van der Waals surface area (Å²) in [6.07, 6.45) is 1.59. The van der Waals surface area contributed by atoms with Gasteiger partial charge in [0.1, 0.15) is 17.2 Å². The van der Waals surface area contributed by atoms with Gasteiger partial charge in [-0.25, -0.2) is 9.78 Å². The van der Waals surface area contributed by atoms with Gasteiger partial charge in [-0.05, 0) is 57.5 Å². The summed E-state index contributed by atoms with van der Waals surface area (Å²) in [4.78, 5) is 45.4. The monoisotopic (exact) mass is 552 g/mol. The molecular formula is C28H28N2O8S. The van der Waals surface area contributed by atoms with Crippen LogP contribution in [0.5, 0.6) is 11.5 Å². The number of ether oxygens (including phenoxy) is 3. The number of Topliss-reactive ketones (excluding diaryl/α,β-unsaturated/α-hetero) is 1. The summed E-state index contributed by atoms with van der Waals surface area (Å²) < 4.78 is 22.1. The number of carbonyl (C=O) groups excluding carboxylic acids is 3. The van der Waals surface area contributed by atoms with E-state index in [2.05, 4.69) is 11.6 Å². The molecule has 0 fully saturated rings. The standard InChI is InChI=1S/C28H28N2O8S/c1-6-13-37-18-12-10-17(14-20(18)35-7-2)22-21(23(31)19-11-9-15(4)38-19)24(32)26(33)30(22)28-29-16(5)25(39-28)27(34)36-8-3/h6,9-12,14,22,32H,1,7-8,13H2,2-5H3. The molecule has 1 atom stereocenters. The fourth-order valence-corrected chi connectivity index (χ4v) is 5.13. The van der Waals surface area contributed by atoms with E-state index in [1.807, 2.05) is 6.92 Å². The number of thiazole rings is 1. The van der Waals surface area contributed by atoms with E-state index in [9.17, 15) is 19.5 Å². The van der Waals surface area contributed by atoms with Crippen LogP contribution in [-0.2, 0) is 9.53 Å². The summed E-state index contributed by atoms with van der Waals surface area (Å²) in [6, 6.07) is 6.94. The van der Waals surface area contributed by atoms with Gasteiger partial charge in [-0.3, -0.25) is 14.5 Å². The highest BCUT2D eigenvalue weighted by molar-refractivity contribution is 7.17. The topological polar surface area (TPSA) is 128 Å². The number of ketones is 1. The molecular weight excluding hydrogens is 524 g/mol. The van der Waals surface area contributed by atoms with Crippen molar-refractivity contribution >= 4 is 34.1 Å². The van der Waals surface area contributed by atoms with Gasteiger partial charge >= 0.3 is 5.97 Å². The average Bonchev–Trinajstić information content (AvgIpc) is 3.59. The Labute approximate surface area is 229 Å². The lowest BCUT2D eigenvalue weighted by Crippen LogP contribution is -2.31. The maximum absolute atomic E-state index is 13.6. The molecule has 0 aliphatic carbocycles. The number of benzene rings is 1. The number of hydrogen-bond acceptors (Lipinski definition) is 10. The maximum Gasteiger partial charge on any atom is 0.350 e. The lowest BCUT2D eigenvalue weighted by molar-refractivity contribution is -0.117. The minimum absolute atomic E-state index is 0.0350. The Kier molecular flexibility index (Phi) is 8.20. The van der Waals surface area contributed by atoms with Crippen molar-refractivity contribution in [2.45, 2.75) is 33.7 Å². The van der Waals surface area contributed by atoms with Crippen LogP contribution >= 0.6 is 11.3 Å². The van der Waals surface area contributed by atoms with Crippen molar-refractivity contribution in [2.24, 2.45) is 0 Å². The van der Waals surface area contributed by atoms with Gasteiger partial charge in [0.2, 0.25) is 5.78 Å². The predicted molar refractivity (Wildman–Crippen MR) is 144 cm³/mol. The number of furan rings is 1. The number of anilines is 1. The lowest BCUT2D eigenvalue weighted by atomic mass is 9.95.